The van der Waals surface area contributed by atoms with Gasteiger partial charge in [0.05, 0.1) is 6.54 Å². The molecule has 3 heterocycles. The highest BCUT2D eigenvalue weighted by molar-refractivity contribution is 14.0. The third-order valence-corrected chi connectivity index (χ3v) is 4.87. The lowest BCUT2D eigenvalue weighted by atomic mass is 10.1. The van der Waals surface area contributed by atoms with Gasteiger partial charge >= 0.3 is 0 Å². The lowest BCUT2D eigenvalue weighted by molar-refractivity contribution is 0.0173. The second kappa shape index (κ2) is 9.68. The number of rotatable bonds is 5. The lowest BCUT2D eigenvalue weighted by Crippen LogP contribution is -2.62. The molecule has 7 heteroatoms. The standard InChI is InChI=1S/C18H28FN5.HI/c1-3-20-18(22(2)13-15-4-6-16(19)7-5-15)21-12-17-14-23-8-10-24(17)11-9-23;/h4-7,17H,3,8-14H2,1-2H3,(H,20,21);1H. The summed E-state index contributed by atoms with van der Waals surface area (Å²) in [5.41, 5.74) is 1.08. The van der Waals surface area contributed by atoms with E-state index in [4.69, 9.17) is 4.99 Å². The van der Waals surface area contributed by atoms with E-state index < -0.39 is 0 Å². The first kappa shape index (κ1) is 20.4. The van der Waals surface area contributed by atoms with Crippen molar-refractivity contribution < 1.29 is 4.39 Å². The first-order chi connectivity index (χ1) is 11.7. The average molecular weight is 461 g/mol. The number of fused-ring (bicyclic) bond motifs is 3. The summed E-state index contributed by atoms with van der Waals surface area (Å²) < 4.78 is 13.0. The van der Waals surface area contributed by atoms with E-state index in [0.29, 0.717) is 12.6 Å². The molecule has 2 bridgehead atoms. The number of nitrogens with zero attached hydrogens (tertiary/aromatic N) is 4. The summed E-state index contributed by atoms with van der Waals surface area (Å²) in [6, 6.07) is 7.20. The van der Waals surface area contributed by atoms with Crippen LogP contribution in [0.3, 0.4) is 0 Å². The van der Waals surface area contributed by atoms with Gasteiger partial charge in [0.1, 0.15) is 5.82 Å². The summed E-state index contributed by atoms with van der Waals surface area (Å²) in [7, 11) is 2.03. The highest BCUT2D eigenvalue weighted by atomic mass is 127. The molecule has 1 aromatic carbocycles. The fourth-order valence-electron chi connectivity index (χ4n) is 3.50. The van der Waals surface area contributed by atoms with E-state index in [1.165, 1.54) is 38.3 Å². The minimum Gasteiger partial charge on any atom is -0.357 e. The van der Waals surface area contributed by atoms with Gasteiger partial charge in [0, 0.05) is 58.9 Å². The number of hydrogen-bond acceptors (Lipinski definition) is 3. The minimum absolute atomic E-state index is 0. The molecule has 1 aromatic rings. The van der Waals surface area contributed by atoms with Crippen molar-refractivity contribution in [1.82, 2.24) is 20.0 Å². The Kier molecular flexibility index (Phi) is 7.89. The van der Waals surface area contributed by atoms with E-state index in [1.54, 1.807) is 0 Å². The third-order valence-electron chi connectivity index (χ3n) is 4.87. The van der Waals surface area contributed by atoms with Crippen LogP contribution in [0.2, 0.25) is 0 Å². The van der Waals surface area contributed by atoms with Crippen LogP contribution in [0.1, 0.15) is 12.5 Å². The maximum atomic E-state index is 13.0. The lowest BCUT2D eigenvalue weighted by Gasteiger charge is -2.47. The molecule has 0 aromatic heterocycles. The molecule has 25 heavy (non-hydrogen) atoms. The first-order valence-electron chi connectivity index (χ1n) is 8.86. The molecule has 140 valence electrons. The second-order valence-electron chi connectivity index (χ2n) is 6.67. The SMILES string of the molecule is CCNC(=NCC1CN2CCN1CC2)N(C)Cc1ccc(F)cc1.I. The first-order valence-corrected chi connectivity index (χ1v) is 8.86. The quantitative estimate of drug-likeness (QED) is 0.413. The highest BCUT2D eigenvalue weighted by Gasteiger charge is 2.31. The van der Waals surface area contributed by atoms with Gasteiger partial charge in [-0.15, -0.1) is 24.0 Å². The third kappa shape index (κ3) is 5.52. The minimum atomic E-state index is -0.196. The summed E-state index contributed by atoms with van der Waals surface area (Å²) in [5, 5.41) is 3.37. The Labute approximate surface area is 167 Å². The van der Waals surface area contributed by atoms with E-state index >= 15 is 0 Å². The summed E-state index contributed by atoms with van der Waals surface area (Å²) in [6.45, 7) is 10.3. The van der Waals surface area contributed by atoms with Crippen LogP contribution in [-0.2, 0) is 6.54 Å². The molecule has 0 radical (unpaired) electrons. The molecule has 3 fully saturated rings. The molecule has 5 nitrogen and oxygen atoms in total. The van der Waals surface area contributed by atoms with E-state index in [0.717, 1.165) is 31.2 Å². The predicted octanol–water partition coefficient (Wildman–Crippen LogP) is 1.84. The molecule has 1 unspecified atom stereocenters. The zero-order valence-electron chi connectivity index (χ0n) is 15.1. The molecule has 0 amide bonds. The molecule has 4 rings (SSSR count). The van der Waals surface area contributed by atoms with E-state index in [-0.39, 0.29) is 29.8 Å². The molecule has 0 aliphatic carbocycles. The van der Waals surface area contributed by atoms with Crippen molar-refractivity contribution in [3.63, 3.8) is 0 Å². The molecule has 0 spiro atoms. The van der Waals surface area contributed by atoms with Crippen molar-refractivity contribution in [3.8, 4) is 0 Å². The van der Waals surface area contributed by atoms with Gasteiger partial charge in [0.15, 0.2) is 5.96 Å². The van der Waals surface area contributed by atoms with Gasteiger partial charge in [-0.3, -0.25) is 14.8 Å². The molecule has 1 N–H and O–H groups in total. The van der Waals surface area contributed by atoms with E-state index in [1.807, 2.05) is 19.2 Å². The number of nitrogens with one attached hydrogen (secondary N) is 1. The maximum Gasteiger partial charge on any atom is 0.194 e. The summed E-state index contributed by atoms with van der Waals surface area (Å²) in [6.07, 6.45) is 0. The zero-order chi connectivity index (χ0) is 16.9. The van der Waals surface area contributed by atoms with Gasteiger partial charge < -0.3 is 10.2 Å². The van der Waals surface area contributed by atoms with Crippen molar-refractivity contribution in [2.75, 3.05) is 52.9 Å². The van der Waals surface area contributed by atoms with Crippen LogP contribution in [0.25, 0.3) is 0 Å². The summed E-state index contributed by atoms with van der Waals surface area (Å²) in [4.78, 5) is 12.1. The van der Waals surface area contributed by atoms with Crippen LogP contribution in [0.15, 0.2) is 29.3 Å². The highest BCUT2D eigenvalue weighted by Crippen LogP contribution is 2.16. The monoisotopic (exact) mass is 461 g/mol. The molecule has 3 aliphatic heterocycles. The van der Waals surface area contributed by atoms with Gasteiger partial charge in [0.2, 0.25) is 0 Å². The van der Waals surface area contributed by atoms with Crippen molar-refractivity contribution in [2.45, 2.75) is 19.5 Å². The Balaban J connectivity index is 0.00000225. The summed E-state index contributed by atoms with van der Waals surface area (Å²) in [5.74, 6) is 0.720. The van der Waals surface area contributed by atoms with Crippen molar-refractivity contribution in [2.24, 2.45) is 4.99 Å². The summed E-state index contributed by atoms with van der Waals surface area (Å²) >= 11 is 0. The molecular weight excluding hydrogens is 432 g/mol. The number of guanidine groups is 1. The Morgan fingerprint density at radius 1 is 1.24 bits per heavy atom. The Hall–Kier alpha value is -0.930. The van der Waals surface area contributed by atoms with Crippen molar-refractivity contribution >= 4 is 29.9 Å². The molecule has 0 saturated carbocycles. The molecule has 3 aliphatic rings. The number of piperazine rings is 3. The fourth-order valence-corrected chi connectivity index (χ4v) is 3.50. The van der Waals surface area contributed by atoms with E-state index in [2.05, 4.69) is 26.9 Å². The zero-order valence-corrected chi connectivity index (χ0v) is 17.4. The number of halogens is 2. The van der Waals surface area contributed by atoms with Gasteiger partial charge in [-0.05, 0) is 24.6 Å². The number of hydrogen-bond donors (Lipinski definition) is 1. The molecular formula is C18H29FIN5. The van der Waals surface area contributed by atoms with E-state index in [9.17, 15) is 4.39 Å². The number of benzene rings is 1. The average Bonchev–Trinajstić information content (AvgIpc) is 2.61. The topological polar surface area (TPSA) is 34.1 Å². The van der Waals surface area contributed by atoms with Gasteiger partial charge in [-0.2, -0.15) is 0 Å². The van der Waals surface area contributed by atoms with Crippen LogP contribution >= 0.6 is 24.0 Å². The van der Waals surface area contributed by atoms with Gasteiger partial charge in [0.25, 0.3) is 0 Å². The van der Waals surface area contributed by atoms with Crippen LogP contribution in [-0.4, -0.2) is 79.6 Å². The largest absolute Gasteiger partial charge is 0.357 e. The van der Waals surface area contributed by atoms with Gasteiger partial charge in [-0.25, -0.2) is 4.39 Å². The Bertz CT molecular complexity index is 557. The van der Waals surface area contributed by atoms with Gasteiger partial charge in [-0.1, -0.05) is 12.1 Å². The second-order valence-corrected chi connectivity index (χ2v) is 6.67. The Morgan fingerprint density at radius 2 is 1.92 bits per heavy atom. The normalized spacial score (nSPS) is 25.4. The van der Waals surface area contributed by atoms with Crippen LogP contribution in [0, 0.1) is 5.82 Å². The molecule has 1 atom stereocenters. The van der Waals surface area contributed by atoms with Crippen LogP contribution in [0.4, 0.5) is 4.39 Å². The Morgan fingerprint density at radius 3 is 2.48 bits per heavy atom. The van der Waals surface area contributed by atoms with Crippen LogP contribution in [0.5, 0.6) is 0 Å². The molecule has 3 saturated heterocycles. The van der Waals surface area contributed by atoms with Crippen LogP contribution < -0.4 is 5.32 Å². The maximum absolute atomic E-state index is 13.0. The van der Waals surface area contributed by atoms with Crippen molar-refractivity contribution in [3.05, 3.63) is 35.6 Å². The smallest absolute Gasteiger partial charge is 0.194 e. The fraction of sp³-hybridized carbons (Fsp3) is 0.611. The van der Waals surface area contributed by atoms with Crippen molar-refractivity contribution in [1.29, 1.82) is 0 Å². The number of aliphatic imine (C=N–C) groups is 1. The predicted molar refractivity (Wildman–Crippen MR) is 111 cm³/mol.